The molecule has 0 atom stereocenters. The number of hydrogen-bond acceptors (Lipinski definition) is 3. The molecule has 0 saturated carbocycles. The predicted molar refractivity (Wildman–Crippen MR) is 75.8 cm³/mol. The number of aromatic nitrogens is 1. The minimum absolute atomic E-state index is 0.189. The van der Waals surface area contributed by atoms with Crippen molar-refractivity contribution in [3.05, 3.63) is 52.8 Å². The van der Waals surface area contributed by atoms with Crippen LogP contribution in [0.2, 0.25) is 5.02 Å². The Labute approximate surface area is 115 Å². The molecule has 2 N–H and O–H groups in total. The van der Waals surface area contributed by atoms with Crippen LogP contribution in [0.1, 0.15) is 15.9 Å². The van der Waals surface area contributed by atoms with Crippen molar-refractivity contribution in [3.8, 4) is 0 Å². The molecule has 0 radical (unpaired) electrons. The summed E-state index contributed by atoms with van der Waals surface area (Å²) in [7, 11) is 0. The Balaban J connectivity index is 1.83. The van der Waals surface area contributed by atoms with Gasteiger partial charge in [-0.05, 0) is 30.2 Å². The van der Waals surface area contributed by atoms with Crippen LogP contribution in [0.3, 0.4) is 0 Å². The molecule has 19 heavy (non-hydrogen) atoms. The van der Waals surface area contributed by atoms with E-state index in [0.29, 0.717) is 16.3 Å². The SMILES string of the molecule is O=C(Nc1cnccc1Cl)c1ccc2c(c1)NCC2. The Kier molecular flexibility index (Phi) is 3.09. The third-order valence-electron chi connectivity index (χ3n) is 3.10. The molecule has 2 aromatic rings. The third kappa shape index (κ3) is 2.39. The smallest absolute Gasteiger partial charge is 0.255 e. The molecule has 0 saturated heterocycles. The molecule has 1 amide bonds. The summed E-state index contributed by atoms with van der Waals surface area (Å²) in [4.78, 5) is 16.1. The first-order chi connectivity index (χ1) is 9.24. The van der Waals surface area contributed by atoms with Crippen LogP contribution in [0.25, 0.3) is 0 Å². The molecule has 1 aromatic carbocycles. The quantitative estimate of drug-likeness (QED) is 0.884. The van der Waals surface area contributed by atoms with Crippen molar-refractivity contribution in [2.24, 2.45) is 0 Å². The van der Waals surface area contributed by atoms with Gasteiger partial charge in [0.1, 0.15) is 0 Å². The minimum atomic E-state index is -0.189. The maximum atomic E-state index is 12.1. The number of anilines is 2. The zero-order chi connectivity index (χ0) is 13.2. The highest BCUT2D eigenvalue weighted by molar-refractivity contribution is 6.33. The largest absolute Gasteiger partial charge is 0.384 e. The van der Waals surface area contributed by atoms with Crippen molar-refractivity contribution in [1.29, 1.82) is 0 Å². The van der Waals surface area contributed by atoms with E-state index in [0.717, 1.165) is 18.7 Å². The fourth-order valence-electron chi connectivity index (χ4n) is 2.10. The number of hydrogen-bond donors (Lipinski definition) is 2. The van der Waals surface area contributed by atoms with Gasteiger partial charge in [0.15, 0.2) is 0 Å². The van der Waals surface area contributed by atoms with Crippen molar-refractivity contribution in [3.63, 3.8) is 0 Å². The van der Waals surface area contributed by atoms with Gasteiger partial charge in [-0.25, -0.2) is 0 Å². The topological polar surface area (TPSA) is 54.0 Å². The first-order valence-corrected chi connectivity index (χ1v) is 6.39. The molecule has 0 bridgehead atoms. The van der Waals surface area contributed by atoms with Crippen molar-refractivity contribution < 1.29 is 4.79 Å². The van der Waals surface area contributed by atoms with Crippen molar-refractivity contribution in [2.75, 3.05) is 17.2 Å². The Bertz CT molecular complexity index is 642. The van der Waals surface area contributed by atoms with Crippen LogP contribution in [-0.2, 0) is 6.42 Å². The van der Waals surface area contributed by atoms with E-state index in [1.165, 1.54) is 11.8 Å². The fourth-order valence-corrected chi connectivity index (χ4v) is 2.25. The first kappa shape index (κ1) is 12.0. The van der Waals surface area contributed by atoms with Crippen LogP contribution in [0.4, 0.5) is 11.4 Å². The highest BCUT2D eigenvalue weighted by atomic mass is 35.5. The molecule has 2 heterocycles. The summed E-state index contributed by atoms with van der Waals surface area (Å²) in [5.74, 6) is -0.189. The van der Waals surface area contributed by atoms with Crippen molar-refractivity contribution in [2.45, 2.75) is 6.42 Å². The van der Waals surface area contributed by atoms with Gasteiger partial charge in [-0.1, -0.05) is 17.7 Å². The number of amides is 1. The molecule has 1 aliphatic heterocycles. The van der Waals surface area contributed by atoms with Gasteiger partial charge in [-0.2, -0.15) is 0 Å². The summed E-state index contributed by atoms with van der Waals surface area (Å²) in [6.07, 6.45) is 4.12. The van der Waals surface area contributed by atoms with Crippen LogP contribution in [0.5, 0.6) is 0 Å². The van der Waals surface area contributed by atoms with E-state index in [1.807, 2.05) is 18.2 Å². The summed E-state index contributed by atoms with van der Waals surface area (Å²) in [5.41, 5.74) is 3.40. The highest BCUT2D eigenvalue weighted by Gasteiger charge is 2.14. The second kappa shape index (κ2) is 4.90. The van der Waals surface area contributed by atoms with Gasteiger partial charge in [-0.3, -0.25) is 9.78 Å². The second-order valence-electron chi connectivity index (χ2n) is 4.36. The molecule has 3 rings (SSSR count). The lowest BCUT2D eigenvalue weighted by Crippen LogP contribution is -2.12. The van der Waals surface area contributed by atoms with Crippen LogP contribution in [0.15, 0.2) is 36.7 Å². The lowest BCUT2D eigenvalue weighted by atomic mass is 10.1. The number of benzene rings is 1. The Hall–Kier alpha value is -2.07. The zero-order valence-electron chi connectivity index (χ0n) is 10.1. The van der Waals surface area contributed by atoms with Crippen LogP contribution >= 0.6 is 11.6 Å². The molecule has 1 aliphatic rings. The molecule has 5 heteroatoms. The van der Waals surface area contributed by atoms with Gasteiger partial charge in [-0.15, -0.1) is 0 Å². The average molecular weight is 274 g/mol. The van der Waals surface area contributed by atoms with E-state index < -0.39 is 0 Å². The van der Waals surface area contributed by atoms with Crippen LogP contribution < -0.4 is 10.6 Å². The number of carbonyl (C=O) groups excluding carboxylic acids is 1. The fraction of sp³-hybridized carbons (Fsp3) is 0.143. The number of carbonyl (C=O) groups is 1. The normalized spacial score (nSPS) is 12.7. The standard InChI is InChI=1S/C14H12ClN3O/c15-11-4-5-16-8-13(11)18-14(19)10-2-1-9-3-6-17-12(9)7-10/h1-2,4-5,7-8,17H,3,6H2,(H,18,19). The predicted octanol–water partition coefficient (Wildman–Crippen LogP) is 2.96. The summed E-state index contributed by atoms with van der Waals surface area (Å²) < 4.78 is 0. The van der Waals surface area contributed by atoms with E-state index >= 15 is 0 Å². The van der Waals surface area contributed by atoms with Gasteiger partial charge >= 0.3 is 0 Å². The van der Waals surface area contributed by atoms with E-state index in [-0.39, 0.29) is 5.91 Å². The van der Waals surface area contributed by atoms with Gasteiger partial charge in [0.25, 0.3) is 5.91 Å². The van der Waals surface area contributed by atoms with Gasteiger partial charge < -0.3 is 10.6 Å². The van der Waals surface area contributed by atoms with Crippen LogP contribution in [-0.4, -0.2) is 17.4 Å². The van der Waals surface area contributed by atoms with Crippen molar-refractivity contribution >= 4 is 28.9 Å². The molecule has 1 aromatic heterocycles. The second-order valence-corrected chi connectivity index (χ2v) is 4.77. The summed E-state index contributed by atoms with van der Waals surface area (Å²) in [6.45, 7) is 0.925. The van der Waals surface area contributed by atoms with Crippen LogP contribution in [0, 0.1) is 0 Å². The number of pyridine rings is 1. The number of halogens is 1. The average Bonchev–Trinajstić information content (AvgIpc) is 2.88. The lowest BCUT2D eigenvalue weighted by Gasteiger charge is -2.08. The molecular weight excluding hydrogens is 262 g/mol. The van der Waals surface area contributed by atoms with Gasteiger partial charge in [0.05, 0.1) is 16.9 Å². The Morgan fingerprint density at radius 3 is 3.11 bits per heavy atom. The number of nitrogens with zero attached hydrogens (tertiary/aromatic N) is 1. The summed E-state index contributed by atoms with van der Waals surface area (Å²) >= 11 is 5.98. The monoisotopic (exact) mass is 273 g/mol. The molecule has 0 fully saturated rings. The third-order valence-corrected chi connectivity index (χ3v) is 3.43. The Morgan fingerprint density at radius 2 is 2.26 bits per heavy atom. The van der Waals surface area contributed by atoms with Crippen molar-refractivity contribution in [1.82, 2.24) is 4.98 Å². The molecule has 0 unspecified atom stereocenters. The maximum absolute atomic E-state index is 12.1. The first-order valence-electron chi connectivity index (χ1n) is 6.02. The zero-order valence-corrected chi connectivity index (χ0v) is 10.9. The molecular formula is C14H12ClN3O. The number of nitrogens with one attached hydrogen (secondary N) is 2. The molecule has 0 spiro atoms. The highest BCUT2D eigenvalue weighted by Crippen LogP contribution is 2.24. The van der Waals surface area contributed by atoms with Gasteiger partial charge in [0.2, 0.25) is 0 Å². The van der Waals surface area contributed by atoms with E-state index in [2.05, 4.69) is 15.6 Å². The van der Waals surface area contributed by atoms with E-state index in [9.17, 15) is 4.79 Å². The summed E-state index contributed by atoms with van der Waals surface area (Å²) in [6, 6.07) is 7.31. The lowest BCUT2D eigenvalue weighted by molar-refractivity contribution is 0.102. The van der Waals surface area contributed by atoms with E-state index in [1.54, 1.807) is 12.3 Å². The molecule has 96 valence electrons. The minimum Gasteiger partial charge on any atom is -0.384 e. The van der Waals surface area contributed by atoms with Gasteiger partial charge in [0, 0.05) is 24.0 Å². The Morgan fingerprint density at radius 1 is 1.37 bits per heavy atom. The number of fused-ring (bicyclic) bond motifs is 1. The summed E-state index contributed by atoms with van der Waals surface area (Å²) in [5, 5.41) is 6.48. The van der Waals surface area contributed by atoms with E-state index in [4.69, 9.17) is 11.6 Å². The molecule has 0 aliphatic carbocycles. The maximum Gasteiger partial charge on any atom is 0.255 e. The number of rotatable bonds is 2. The molecule has 4 nitrogen and oxygen atoms in total.